The molecule has 6 rings (SSSR count). The minimum absolute atomic E-state index is 0.0714. The van der Waals surface area contributed by atoms with Crippen LogP contribution in [0.1, 0.15) is 102 Å². The van der Waals surface area contributed by atoms with Crippen LogP contribution in [0, 0.1) is 11.3 Å². The number of nitrogens with one attached hydrogen (secondary N) is 9. The van der Waals surface area contributed by atoms with Crippen molar-refractivity contribution in [3.8, 4) is 0 Å². The summed E-state index contributed by atoms with van der Waals surface area (Å²) in [6.07, 6.45) is 9.49. The zero-order chi connectivity index (χ0) is 47.0. The van der Waals surface area contributed by atoms with Gasteiger partial charge in [-0.1, -0.05) is 80.6 Å². The third-order valence-electron chi connectivity index (χ3n) is 13.0. The Labute approximate surface area is 386 Å². The molecule has 3 aromatic rings. The number of nitrogens with zero attached hydrogens (tertiary/aromatic N) is 1. The molecule has 11 N–H and O–H groups in total. The maximum absolute atomic E-state index is 14.6. The van der Waals surface area contributed by atoms with Crippen molar-refractivity contribution in [1.82, 2.24) is 47.1 Å². The van der Waals surface area contributed by atoms with Crippen LogP contribution in [0.15, 0.2) is 60.8 Å². The maximum atomic E-state index is 14.6. The van der Waals surface area contributed by atoms with Crippen molar-refractivity contribution in [2.75, 3.05) is 19.6 Å². The second-order valence-corrected chi connectivity index (χ2v) is 17.9. The zero-order valence-corrected chi connectivity index (χ0v) is 37.9. The standard InChI is InChI=1S/C48H67N11O7/c1-30(60)54-37(23-22-31-13-4-2-5-14-31)43(62)56-38-20-11-24-51-42(61)36(19-10-25-52-48(49)50)55-45(64)40(28-33-29-53-35-18-9-8-17-34(33)35)57-44(63)39(27-32-15-6-3-7-16-32)58-46(65)41-21-12-26-59(41)47(38)66/h2,4-5,8-9,13-14,17-18,29,32,36-41,53H,3,6-7,10-12,15-16,19-28H2,1H3,(H,51,61)(H,54,60)(H,55,64)(H,56,62)(H,57,63)(H,58,65)(H4,49,50,52)/t36-,37-,38-,39+,40-,41-/m0/s1. The van der Waals surface area contributed by atoms with Gasteiger partial charge in [-0.05, 0) is 80.9 Å². The van der Waals surface area contributed by atoms with E-state index in [0.29, 0.717) is 32.1 Å². The van der Waals surface area contributed by atoms with Crippen molar-refractivity contribution in [3.05, 3.63) is 71.9 Å². The predicted molar refractivity (Wildman–Crippen MR) is 249 cm³/mol. The van der Waals surface area contributed by atoms with E-state index in [9.17, 15) is 33.6 Å². The molecule has 7 amide bonds. The highest BCUT2D eigenvalue weighted by molar-refractivity contribution is 5.98. The largest absolute Gasteiger partial charge is 0.370 e. The summed E-state index contributed by atoms with van der Waals surface area (Å²) in [4.78, 5) is 103. The number of benzene rings is 2. The van der Waals surface area contributed by atoms with Crippen molar-refractivity contribution in [3.63, 3.8) is 0 Å². The first-order valence-electron chi connectivity index (χ1n) is 23.6. The van der Waals surface area contributed by atoms with Gasteiger partial charge in [-0.2, -0.15) is 0 Å². The normalized spacial score (nSPS) is 23.3. The number of aromatic nitrogens is 1. The molecule has 2 aromatic carbocycles. The molecule has 0 radical (unpaired) electrons. The lowest BCUT2D eigenvalue weighted by molar-refractivity contribution is -0.143. The van der Waals surface area contributed by atoms with Crippen molar-refractivity contribution in [1.29, 1.82) is 5.41 Å². The fourth-order valence-corrected chi connectivity index (χ4v) is 9.47. The number of aromatic amines is 1. The Kier molecular flexibility index (Phi) is 17.9. The van der Waals surface area contributed by atoms with Crippen molar-refractivity contribution in [2.45, 2.75) is 139 Å². The number of aryl methyl sites for hydroxylation is 1. The summed E-state index contributed by atoms with van der Waals surface area (Å²) in [7, 11) is 0. The lowest BCUT2D eigenvalue weighted by Gasteiger charge is -2.32. The van der Waals surface area contributed by atoms with Crippen LogP contribution < -0.4 is 43.0 Å². The number of carbonyl (C=O) groups excluding carboxylic acids is 7. The Balaban J connectivity index is 1.30. The summed E-state index contributed by atoms with van der Waals surface area (Å²) >= 11 is 0. The van der Waals surface area contributed by atoms with Crippen LogP contribution in [-0.4, -0.2) is 113 Å². The van der Waals surface area contributed by atoms with E-state index < -0.39 is 77.6 Å². The number of hydrogen-bond acceptors (Lipinski definition) is 8. The second kappa shape index (κ2) is 24.2. The molecule has 18 heteroatoms. The fourth-order valence-electron chi connectivity index (χ4n) is 9.47. The topological polar surface area (TPSA) is 273 Å². The Morgan fingerprint density at radius 3 is 2.29 bits per heavy atom. The highest BCUT2D eigenvalue weighted by Gasteiger charge is 2.40. The first-order chi connectivity index (χ1) is 31.9. The quantitative estimate of drug-likeness (QED) is 0.0642. The van der Waals surface area contributed by atoms with Crippen LogP contribution in [0.5, 0.6) is 0 Å². The lowest BCUT2D eigenvalue weighted by atomic mass is 9.84. The third kappa shape index (κ3) is 14.0. The number of fused-ring (bicyclic) bond motifs is 2. The van der Waals surface area contributed by atoms with E-state index in [1.807, 2.05) is 54.6 Å². The van der Waals surface area contributed by atoms with Gasteiger partial charge in [-0.25, -0.2) is 0 Å². The molecule has 3 heterocycles. The smallest absolute Gasteiger partial charge is 0.245 e. The molecule has 0 spiro atoms. The summed E-state index contributed by atoms with van der Waals surface area (Å²) < 4.78 is 0. The van der Waals surface area contributed by atoms with Gasteiger partial charge in [0.25, 0.3) is 0 Å². The Hall–Kier alpha value is -6.46. The molecule has 6 atom stereocenters. The molecule has 1 aliphatic carbocycles. The van der Waals surface area contributed by atoms with Crippen LogP contribution in [-0.2, 0) is 46.4 Å². The average molecular weight is 910 g/mol. The summed E-state index contributed by atoms with van der Waals surface area (Å²) in [5.41, 5.74) is 8.10. The third-order valence-corrected chi connectivity index (χ3v) is 13.0. The van der Waals surface area contributed by atoms with Crippen LogP contribution in [0.2, 0.25) is 0 Å². The SMILES string of the molecule is CC(=O)N[C@@H](CCc1ccccc1)C(=O)N[C@H]1CCCNC(=O)[C@H](CCCNC(=N)N)NC(=O)[C@H](Cc2c[nH]c3ccccc23)NC(=O)[C@@H](CC2CCCCC2)NC(=O)[C@@H]2CCCN2C1=O. The first kappa shape index (κ1) is 49.0. The summed E-state index contributed by atoms with van der Waals surface area (Å²) in [6.45, 7) is 1.90. The van der Waals surface area contributed by atoms with E-state index in [-0.39, 0.29) is 63.6 Å². The van der Waals surface area contributed by atoms with Gasteiger partial charge in [0, 0.05) is 50.1 Å². The second-order valence-electron chi connectivity index (χ2n) is 17.9. The number of hydrogen-bond donors (Lipinski definition) is 10. The summed E-state index contributed by atoms with van der Waals surface area (Å²) in [5, 5.41) is 28.5. The molecule has 2 saturated heterocycles. The molecule has 0 unspecified atom stereocenters. The van der Waals surface area contributed by atoms with E-state index in [1.165, 1.54) is 11.8 Å². The number of H-pyrrole nitrogens is 1. The number of nitrogens with two attached hydrogens (primary N) is 1. The summed E-state index contributed by atoms with van der Waals surface area (Å²) in [6, 6.07) is 10.9. The van der Waals surface area contributed by atoms with Crippen molar-refractivity contribution >= 4 is 58.2 Å². The highest BCUT2D eigenvalue weighted by atomic mass is 16.2. The molecule has 1 saturated carbocycles. The van der Waals surface area contributed by atoms with E-state index in [1.54, 1.807) is 6.20 Å². The molecule has 1 aromatic heterocycles. The van der Waals surface area contributed by atoms with E-state index in [4.69, 9.17) is 11.1 Å². The minimum Gasteiger partial charge on any atom is -0.370 e. The molecule has 2 aliphatic heterocycles. The molecule has 3 aliphatic rings. The number of rotatable bonds is 14. The van der Waals surface area contributed by atoms with Crippen LogP contribution in [0.25, 0.3) is 10.9 Å². The first-order valence-corrected chi connectivity index (χ1v) is 23.6. The van der Waals surface area contributed by atoms with Gasteiger partial charge in [0.1, 0.15) is 36.3 Å². The average Bonchev–Trinajstić information content (AvgIpc) is 3.97. The number of amides is 7. The number of para-hydroxylation sites is 1. The monoisotopic (exact) mass is 910 g/mol. The van der Waals surface area contributed by atoms with Gasteiger partial charge < -0.3 is 52.8 Å². The molecule has 0 bridgehead atoms. The molecular weight excluding hydrogens is 843 g/mol. The molecular formula is C48H67N11O7. The van der Waals surface area contributed by atoms with Gasteiger partial charge in [0.2, 0.25) is 41.4 Å². The Morgan fingerprint density at radius 2 is 1.53 bits per heavy atom. The number of guanidine groups is 1. The van der Waals surface area contributed by atoms with Crippen LogP contribution >= 0.6 is 0 Å². The van der Waals surface area contributed by atoms with E-state index in [2.05, 4.69) is 42.2 Å². The van der Waals surface area contributed by atoms with Crippen molar-refractivity contribution < 1.29 is 33.6 Å². The highest BCUT2D eigenvalue weighted by Crippen LogP contribution is 2.28. The Bertz CT molecular complexity index is 2170. The van der Waals surface area contributed by atoms with Crippen LogP contribution in [0.4, 0.5) is 0 Å². The van der Waals surface area contributed by atoms with Gasteiger partial charge >= 0.3 is 0 Å². The Morgan fingerprint density at radius 1 is 0.818 bits per heavy atom. The molecule has 18 nitrogen and oxygen atoms in total. The molecule has 3 fully saturated rings. The predicted octanol–water partition coefficient (Wildman–Crippen LogP) is 1.92. The summed E-state index contributed by atoms with van der Waals surface area (Å²) in [5.74, 6) is -3.67. The maximum Gasteiger partial charge on any atom is 0.245 e. The van der Waals surface area contributed by atoms with Gasteiger partial charge in [0.15, 0.2) is 5.96 Å². The van der Waals surface area contributed by atoms with E-state index >= 15 is 0 Å². The lowest BCUT2D eigenvalue weighted by Crippen LogP contribution is -2.60. The molecule has 66 heavy (non-hydrogen) atoms. The minimum atomic E-state index is -1.14. The van der Waals surface area contributed by atoms with E-state index in [0.717, 1.165) is 54.1 Å². The number of carbonyl (C=O) groups is 7. The van der Waals surface area contributed by atoms with Crippen LogP contribution in [0.3, 0.4) is 0 Å². The van der Waals surface area contributed by atoms with Gasteiger partial charge in [-0.3, -0.25) is 39.0 Å². The van der Waals surface area contributed by atoms with Gasteiger partial charge in [-0.15, -0.1) is 0 Å². The molecule has 356 valence electrons. The van der Waals surface area contributed by atoms with Gasteiger partial charge in [0.05, 0.1) is 0 Å². The van der Waals surface area contributed by atoms with Crippen molar-refractivity contribution in [2.24, 2.45) is 11.7 Å². The zero-order valence-electron chi connectivity index (χ0n) is 37.9. The fraction of sp³-hybridized carbons (Fsp3) is 0.542.